The summed E-state index contributed by atoms with van der Waals surface area (Å²) in [5.41, 5.74) is 0. The lowest BCUT2D eigenvalue weighted by Gasteiger charge is -2.07. The molecule has 0 unspecified atom stereocenters. The van der Waals surface area contributed by atoms with E-state index in [9.17, 15) is 0 Å². The Hall–Kier alpha value is -0.860. The Morgan fingerprint density at radius 3 is 2.31 bits per heavy atom. The van der Waals surface area contributed by atoms with E-state index in [1.807, 2.05) is 0 Å². The zero-order valence-corrected chi connectivity index (χ0v) is 11.5. The average Bonchev–Trinajstić information content (AvgIpc) is 2.31. The van der Waals surface area contributed by atoms with Gasteiger partial charge in [0.1, 0.15) is 0 Å². The van der Waals surface area contributed by atoms with Crippen LogP contribution in [0.25, 0.3) is 21.5 Å². The third-order valence-corrected chi connectivity index (χ3v) is 4.33. The maximum absolute atomic E-state index is 3.70. The van der Waals surface area contributed by atoms with E-state index < -0.39 is 0 Å². The van der Waals surface area contributed by atoms with Crippen molar-refractivity contribution < 1.29 is 0 Å². The molecule has 0 aliphatic rings. The fourth-order valence-corrected chi connectivity index (χ4v) is 3.19. The van der Waals surface area contributed by atoms with E-state index in [0.29, 0.717) is 0 Å². The van der Waals surface area contributed by atoms with E-state index in [1.54, 1.807) is 0 Å². The molecule has 0 amide bonds. The van der Waals surface area contributed by atoms with Gasteiger partial charge in [-0.25, -0.2) is 0 Å². The van der Waals surface area contributed by atoms with Gasteiger partial charge >= 0.3 is 0 Å². The van der Waals surface area contributed by atoms with E-state index >= 15 is 0 Å². The van der Waals surface area contributed by atoms with Crippen LogP contribution in [0, 0.1) is 0 Å². The van der Waals surface area contributed by atoms with Crippen molar-refractivity contribution in [3.63, 3.8) is 0 Å². The van der Waals surface area contributed by atoms with Crippen molar-refractivity contribution in [1.82, 2.24) is 0 Å². The topological polar surface area (TPSA) is 0 Å². The lowest BCUT2D eigenvalue weighted by molar-refractivity contribution is 1.71. The molecule has 0 aromatic heterocycles. The third kappa shape index (κ3) is 1.48. The molecule has 2 heteroatoms. The van der Waals surface area contributed by atoms with Crippen LogP contribution in [-0.4, -0.2) is 0 Å². The summed E-state index contributed by atoms with van der Waals surface area (Å²) >= 11 is 7.29. The van der Waals surface area contributed by atoms with E-state index in [0.717, 1.165) is 4.47 Å². The van der Waals surface area contributed by atoms with Gasteiger partial charge in [0.25, 0.3) is 0 Å². The van der Waals surface area contributed by atoms with E-state index in [4.69, 9.17) is 0 Å². The van der Waals surface area contributed by atoms with Gasteiger partial charge in [-0.3, -0.25) is 0 Å². The van der Waals surface area contributed by atoms with Gasteiger partial charge in [-0.05, 0) is 49.6 Å². The van der Waals surface area contributed by atoms with Crippen LogP contribution in [0.3, 0.4) is 0 Å². The van der Waals surface area contributed by atoms with Crippen LogP contribution in [0.2, 0.25) is 0 Å². The van der Waals surface area contributed by atoms with Gasteiger partial charge in [-0.1, -0.05) is 52.3 Å². The summed E-state index contributed by atoms with van der Waals surface area (Å²) in [6, 6.07) is 16.9. The minimum atomic E-state index is 1.14. The van der Waals surface area contributed by atoms with Crippen LogP contribution < -0.4 is 0 Å². The Morgan fingerprint density at radius 2 is 1.44 bits per heavy atom. The lowest BCUT2D eigenvalue weighted by Crippen LogP contribution is -1.80. The number of rotatable bonds is 0. The Morgan fingerprint density at radius 1 is 0.688 bits per heavy atom. The first-order valence-corrected chi connectivity index (χ1v) is 6.61. The molecule has 3 aromatic carbocycles. The minimum Gasteiger partial charge on any atom is -0.0616 e. The monoisotopic (exact) mass is 334 g/mol. The van der Waals surface area contributed by atoms with Gasteiger partial charge < -0.3 is 0 Å². The first-order chi connectivity index (χ1) is 7.77. The molecular weight excluding hydrogens is 328 g/mol. The molecule has 0 nitrogen and oxygen atoms in total. The van der Waals surface area contributed by atoms with Crippen LogP contribution in [-0.2, 0) is 0 Å². The van der Waals surface area contributed by atoms with Crippen molar-refractivity contribution in [2.45, 2.75) is 0 Å². The number of fused-ring (bicyclic) bond motifs is 2. The zero-order valence-electron chi connectivity index (χ0n) is 8.37. The van der Waals surface area contributed by atoms with Crippen LogP contribution in [0.15, 0.2) is 57.5 Å². The largest absolute Gasteiger partial charge is 0.0616 e. The Labute approximate surface area is 111 Å². The Bertz CT molecular complexity index is 687. The van der Waals surface area contributed by atoms with Crippen molar-refractivity contribution >= 4 is 53.4 Å². The highest BCUT2D eigenvalue weighted by Crippen LogP contribution is 2.35. The predicted octanol–water partition coefficient (Wildman–Crippen LogP) is 5.52. The molecule has 0 heterocycles. The highest BCUT2D eigenvalue weighted by molar-refractivity contribution is 9.11. The highest BCUT2D eigenvalue weighted by Gasteiger charge is 2.06. The van der Waals surface area contributed by atoms with Crippen LogP contribution in [0.4, 0.5) is 0 Å². The molecule has 78 valence electrons. The van der Waals surface area contributed by atoms with Gasteiger partial charge in [0.05, 0.1) is 0 Å². The minimum absolute atomic E-state index is 1.14. The molecule has 16 heavy (non-hydrogen) atoms. The Kier molecular flexibility index (Phi) is 2.49. The molecule has 3 rings (SSSR count). The van der Waals surface area contributed by atoms with Crippen molar-refractivity contribution in [2.24, 2.45) is 0 Å². The molecule has 0 aliphatic carbocycles. The molecule has 0 saturated carbocycles. The average molecular weight is 336 g/mol. The first kappa shape index (κ1) is 10.3. The molecule has 3 aromatic rings. The van der Waals surface area contributed by atoms with Gasteiger partial charge in [0, 0.05) is 8.95 Å². The lowest BCUT2D eigenvalue weighted by atomic mass is 10.0. The standard InChI is InChI=1S/C14H8Br2/c15-13-7-3-6-11-12(13)8-9-4-1-2-5-10(9)14(11)16/h1-8H. The van der Waals surface area contributed by atoms with Crippen LogP contribution >= 0.6 is 31.9 Å². The number of halogens is 2. The molecule has 0 saturated heterocycles. The second-order valence-electron chi connectivity index (χ2n) is 3.75. The van der Waals surface area contributed by atoms with Crippen molar-refractivity contribution in [2.75, 3.05) is 0 Å². The normalized spacial score (nSPS) is 11.1. The zero-order chi connectivity index (χ0) is 11.1. The van der Waals surface area contributed by atoms with Gasteiger partial charge in [0.2, 0.25) is 0 Å². The summed E-state index contributed by atoms with van der Waals surface area (Å²) in [5.74, 6) is 0. The molecule has 0 atom stereocenters. The number of hydrogen-bond acceptors (Lipinski definition) is 0. The molecule has 0 spiro atoms. The third-order valence-electron chi connectivity index (χ3n) is 2.79. The fraction of sp³-hybridized carbons (Fsp3) is 0. The van der Waals surface area contributed by atoms with Crippen molar-refractivity contribution in [3.05, 3.63) is 57.5 Å². The number of hydrogen-bond donors (Lipinski definition) is 0. The Balaban J connectivity index is 2.61. The van der Waals surface area contributed by atoms with Gasteiger partial charge in [0.15, 0.2) is 0 Å². The predicted molar refractivity (Wildman–Crippen MR) is 76.9 cm³/mol. The first-order valence-electron chi connectivity index (χ1n) is 5.03. The van der Waals surface area contributed by atoms with Crippen molar-refractivity contribution in [3.8, 4) is 0 Å². The van der Waals surface area contributed by atoms with Crippen LogP contribution in [0.1, 0.15) is 0 Å². The molecule has 0 radical (unpaired) electrons. The summed E-state index contributed by atoms with van der Waals surface area (Å²) in [6.45, 7) is 0. The van der Waals surface area contributed by atoms with Crippen molar-refractivity contribution in [1.29, 1.82) is 0 Å². The second-order valence-corrected chi connectivity index (χ2v) is 5.39. The maximum Gasteiger partial charge on any atom is 0.0332 e. The second kappa shape index (κ2) is 3.86. The van der Waals surface area contributed by atoms with E-state index in [1.165, 1.54) is 26.0 Å². The highest BCUT2D eigenvalue weighted by atomic mass is 79.9. The number of benzene rings is 3. The van der Waals surface area contributed by atoms with Gasteiger partial charge in [-0.15, -0.1) is 0 Å². The summed E-state index contributed by atoms with van der Waals surface area (Å²) in [4.78, 5) is 0. The summed E-state index contributed by atoms with van der Waals surface area (Å²) in [7, 11) is 0. The summed E-state index contributed by atoms with van der Waals surface area (Å²) in [6.07, 6.45) is 0. The van der Waals surface area contributed by atoms with Crippen LogP contribution in [0.5, 0.6) is 0 Å². The van der Waals surface area contributed by atoms with Gasteiger partial charge in [-0.2, -0.15) is 0 Å². The quantitative estimate of drug-likeness (QED) is 0.474. The SMILES string of the molecule is Brc1cccc2c(Br)c3ccccc3cc12. The molecule has 0 aliphatic heterocycles. The molecule has 0 bridgehead atoms. The summed E-state index contributed by atoms with van der Waals surface area (Å²) < 4.78 is 2.30. The smallest absolute Gasteiger partial charge is 0.0332 e. The fourth-order valence-electron chi connectivity index (χ4n) is 2.00. The maximum atomic E-state index is 3.70. The van der Waals surface area contributed by atoms with E-state index in [-0.39, 0.29) is 0 Å². The molecule has 0 fully saturated rings. The molecular formula is C14H8Br2. The molecule has 0 N–H and O–H groups in total. The summed E-state index contributed by atoms with van der Waals surface area (Å²) in [5, 5.41) is 5.00. The van der Waals surface area contributed by atoms with E-state index in [2.05, 4.69) is 80.4 Å².